The molecule has 0 spiro atoms. The second-order valence-electron chi connectivity index (χ2n) is 8.38. The first-order valence-corrected chi connectivity index (χ1v) is 11.0. The molecule has 2 aromatic carbocycles. The average Bonchev–Trinajstić information content (AvgIpc) is 3.30. The van der Waals surface area contributed by atoms with Gasteiger partial charge in [0, 0.05) is 17.7 Å². The van der Waals surface area contributed by atoms with E-state index in [1.807, 2.05) is 18.2 Å². The van der Waals surface area contributed by atoms with Crippen molar-refractivity contribution in [3.05, 3.63) is 78.0 Å². The highest BCUT2D eigenvalue weighted by Crippen LogP contribution is 2.29. The van der Waals surface area contributed by atoms with Gasteiger partial charge in [0.2, 0.25) is 5.91 Å². The Morgan fingerprint density at radius 2 is 1.81 bits per heavy atom. The van der Waals surface area contributed by atoms with E-state index in [2.05, 4.69) is 22.4 Å². The molecule has 1 fully saturated rings. The predicted molar refractivity (Wildman–Crippen MR) is 120 cm³/mol. The maximum absolute atomic E-state index is 13.3. The largest absolute Gasteiger partial charge is 0.346 e. The third kappa shape index (κ3) is 5.39. The van der Waals surface area contributed by atoms with Crippen LogP contribution in [-0.4, -0.2) is 22.4 Å². The van der Waals surface area contributed by atoms with E-state index >= 15 is 0 Å². The van der Waals surface area contributed by atoms with E-state index in [1.165, 1.54) is 12.1 Å². The summed E-state index contributed by atoms with van der Waals surface area (Å²) in [5.41, 5.74) is 8.47. The van der Waals surface area contributed by atoms with Gasteiger partial charge in [-0.05, 0) is 74.4 Å². The molecular weight excluding hydrogens is 391 g/mol. The number of carbonyl (C=O) groups excluding carboxylic acids is 1. The van der Waals surface area contributed by atoms with E-state index in [4.69, 9.17) is 10.7 Å². The van der Waals surface area contributed by atoms with E-state index in [0.717, 1.165) is 42.5 Å². The maximum Gasteiger partial charge on any atom is 0.223 e. The highest BCUT2D eigenvalue weighted by Gasteiger charge is 2.28. The number of H-pyrrole nitrogens is 1. The third-order valence-corrected chi connectivity index (χ3v) is 6.22. The number of aromatic nitrogens is 2. The molecule has 0 aliphatic heterocycles. The fourth-order valence-corrected chi connectivity index (χ4v) is 4.30. The first-order chi connectivity index (χ1) is 15.1. The van der Waals surface area contributed by atoms with Crippen LogP contribution in [-0.2, 0) is 11.2 Å². The lowest BCUT2D eigenvalue weighted by molar-refractivity contribution is -0.127. The third-order valence-electron chi connectivity index (χ3n) is 6.22. The number of benzene rings is 2. The molecule has 1 atom stereocenters. The average molecular weight is 421 g/mol. The van der Waals surface area contributed by atoms with Gasteiger partial charge in [-0.15, -0.1) is 0 Å². The number of nitrogens with two attached hydrogens (primary N) is 1. The Labute approximate surface area is 182 Å². The van der Waals surface area contributed by atoms with Crippen molar-refractivity contribution in [2.75, 3.05) is 6.54 Å². The molecule has 0 bridgehead atoms. The predicted octanol–water partition coefficient (Wildman–Crippen LogP) is 4.38. The summed E-state index contributed by atoms with van der Waals surface area (Å²) in [6.07, 6.45) is 6.22. The van der Waals surface area contributed by atoms with Crippen molar-refractivity contribution in [2.24, 2.45) is 17.6 Å². The molecule has 3 aromatic rings. The van der Waals surface area contributed by atoms with Crippen LogP contribution in [0.3, 0.4) is 0 Å². The van der Waals surface area contributed by atoms with Crippen molar-refractivity contribution in [3.8, 4) is 11.3 Å². The Morgan fingerprint density at radius 3 is 2.48 bits per heavy atom. The standard InChI is InChI=1S/C25H29FN4O/c26-21-12-10-19(11-13-21)23-16-28-24(29-23)22(14-17-4-2-1-3-5-17)30-25(31)20-8-6-18(15-27)7-9-20/h1-5,10-13,16,18,20,22H,6-9,14-15,27H2,(H,28,29)(H,30,31)/t18-,20-,22?. The van der Waals surface area contributed by atoms with Crippen LogP contribution in [0.2, 0.25) is 0 Å². The van der Waals surface area contributed by atoms with Crippen LogP contribution >= 0.6 is 0 Å². The minimum absolute atomic E-state index is 0.0209. The molecule has 1 heterocycles. The molecular formula is C25H29FN4O. The summed E-state index contributed by atoms with van der Waals surface area (Å²) in [4.78, 5) is 21.0. The molecule has 1 aliphatic rings. The lowest BCUT2D eigenvalue weighted by Gasteiger charge is -2.28. The molecule has 1 amide bonds. The van der Waals surface area contributed by atoms with Crippen molar-refractivity contribution in [1.29, 1.82) is 0 Å². The van der Waals surface area contributed by atoms with E-state index < -0.39 is 0 Å². The normalized spacial score (nSPS) is 19.7. The summed E-state index contributed by atoms with van der Waals surface area (Å²) >= 11 is 0. The van der Waals surface area contributed by atoms with Crippen LogP contribution in [0.1, 0.15) is 43.1 Å². The topological polar surface area (TPSA) is 83.8 Å². The SMILES string of the molecule is NC[C@H]1CC[C@H](C(=O)NC(Cc2ccccc2)c2nc(-c3ccc(F)cc3)c[nH]2)CC1. The molecule has 1 unspecified atom stereocenters. The van der Waals surface area contributed by atoms with Crippen LogP contribution in [0.15, 0.2) is 60.8 Å². The molecule has 5 nitrogen and oxygen atoms in total. The zero-order chi connectivity index (χ0) is 21.6. The fourth-order valence-electron chi connectivity index (χ4n) is 4.30. The number of rotatable bonds is 7. The second kappa shape index (κ2) is 9.88. The van der Waals surface area contributed by atoms with Crippen LogP contribution in [0.5, 0.6) is 0 Å². The van der Waals surface area contributed by atoms with Crippen LogP contribution in [0.4, 0.5) is 4.39 Å². The monoisotopic (exact) mass is 420 g/mol. The fraction of sp³-hybridized carbons (Fsp3) is 0.360. The minimum atomic E-state index is -0.280. The van der Waals surface area contributed by atoms with Gasteiger partial charge in [0.05, 0.1) is 11.7 Å². The van der Waals surface area contributed by atoms with Crippen molar-refractivity contribution in [2.45, 2.75) is 38.1 Å². The number of nitrogens with one attached hydrogen (secondary N) is 2. The van der Waals surface area contributed by atoms with E-state index in [-0.39, 0.29) is 23.7 Å². The lowest BCUT2D eigenvalue weighted by atomic mass is 9.81. The molecule has 0 radical (unpaired) electrons. The first kappa shape index (κ1) is 21.2. The van der Waals surface area contributed by atoms with Gasteiger partial charge >= 0.3 is 0 Å². The highest BCUT2D eigenvalue weighted by molar-refractivity contribution is 5.79. The summed E-state index contributed by atoms with van der Waals surface area (Å²) < 4.78 is 13.3. The Bertz CT molecular complexity index is 978. The number of aromatic amines is 1. The molecule has 4 rings (SSSR count). The summed E-state index contributed by atoms with van der Waals surface area (Å²) in [5, 5.41) is 3.23. The lowest BCUT2D eigenvalue weighted by Crippen LogP contribution is -2.37. The van der Waals surface area contributed by atoms with E-state index in [9.17, 15) is 9.18 Å². The maximum atomic E-state index is 13.3. The number of halogens is 1. The van der Waals surface area contributed by atoms with Crippen LogP contribution in [0, 0.1) is 17.7 Å². The van der Waals surface area contributed by atoms with Crippen molar-refractivity contribution < 1.29 is 9.18 Å². The van der Waals surface area contributed by atoms with Gasteiger partial charge in [0.25, 0.3) is 0 Å². The quantitative estimate of drug-likeness (QED) is 0.530. The van der Waals surface area contributed by atoms with Crippen LogP contribution in [0.25, 0.3) is 11.3 Å². The van der Waals surface area contributed by atoms with Gasteiger partial charge < -0.3 is 16.0 Å². The van der Waals surface area contributed by atoms with E-state index in [0.29, 0.717) is 24.7 Å². The smallest absolute Gasteiger partial charge is 0.223 e. The number of hydrogen-bond acceptors (Lipinski definition) is 3. The minimum Gasteiger partial charge on any atom is -0.346 e. The van der Waals surface area contributed by atoms with Gasteiger partial charge in [0.1, 0.15) is 11.6 Å². The number of amides is 1. The molecule has 1 saturated carbocycles. The number of imidazole rings is 1. The van der Waals surface area contributed by atoms with Gasteiger partial charge in [-0.1, -0.05) is 30.3 Å². The summed E-state index contributed by atoms with van der Waals surface area (Å²) in [6, 6.07) is 16.1. The molecule has 31 heavy (non-hydrogen) atoms. The highest BCUT2D eigenvalue weighted by atomic mass is 19.1. The molecule has 162 valence electrons. The van der Waals surface area contributed by atoms with Gasteiger partial charge in [-0.25, -0.2) is 9.37 Å². The van der Waals surface area contributed by atoms with E-state index in [1.54, 1.807) is 18.3 Å². The molecule has 6 heteroatoms. The second-order valence-corrected chi connectivity index (χ2v) is 8.38. The Kier molecular flexibility index (Phi) is 6.77. The van der Waals surface area contributed by atoms with Crippen molar-refractivity contribution in [3.63, 3.8) is 0 Å². The summed E-state index contributed by atoms with van der Waals surface area (Å²) in [5.74, 6) is 1.06. The summed E-state index contributed by atoms with van der Waals surface area (Å²) in [7, 11) is 0. The summed E-state index contributed by atoms with van der Waals surface area (Å²) in [6.45, 7) is 0.698. The zero-order valence-corrected chi connectivity index (χ0v) is 17.6. The van der Waals surface area contributed by atoms with Gasteiger partial charge in [-0.2, -0.15) is 0 Å². The Morgan fingerprint density at radius 1 is 1.10 bits per heavy atom. The Balaban J connectivity index is 1.52. The number of carbonyl (C=O) groups is 1. The number of nitrogens with zero attached hydrogens (tertiary/aromatic N) is 1. The molecule has 4 N–H and O–H groups in total. The van der Waals surface area contributed by atoms with Crippen molar-refractivity contribution in [1.82, 2.24) is 15.3 Å². The van der Waals surface area contributed by atoms with Gasteiger partial charge in [-0.3, -0.25) is 4.79 Å². The van der Waals surface area contributed by atoms with Gasteiger partial charge in [0.15, 0.2) is 0 Å². The first-order valence-electron chi connectivity index (χ1n) is 11.0. The van der Waals surface area contributed by atoms with Crippen LogP contribution < -0.4 is 11.1 Å². The number of hydrogen-bond donors (Lipinski definition) is 3. The van der Waals surface area contributed by atoms with Crippen molar-refractivity contribution >= 4 is 5.91 Å². The molecule has 1 aromatic heterocycles. The Hall–Kier alpha value is -2.99. The molecule has 0 saturated heterocycles. The zero-order valence-electron chi connectivity index (χ0n) is 17.6. The molecule has 1 aliphatic carbocycles.